The van der Waals surface area contributed by atoms with Gasteiger partial charge in [-0.1, -0.05) is 35.3 Å². The van der Waals surface area contributed by atoms with Gasteiger partial charge in [0.15, 0.2) is 11.5 Å². The Hall–Kier alpha value is -2.44. The van der Waals surface area contributed by atoms with Crippen LogP contribution >= 0.6 is 23.2 Å². The Morgan fingerprint density at radius 2 is 1.88 bits per heavy atom. The first-order chi connectivity index (χ1) is 12.4. The predicted molar refractivity (Wildman–Crippen MR) is 99.1 cm³/mol. The number of anilines is 1. The van der Waals surface area contributed by atoms with E-state index in [2.05, 4.69) is 5.32 Å². The second kappa shape index (κ2) is 7.85. The van der Waals surface area contributed by atoms with Crippen molar-refractivity contribution in [2.24, 2.45) is 0 Å². The summed E-state index contributed by atoms with van der Waals surface area (Å²) in [6, 6.07) is 11.9. The summed E-state index contributed by atoms with van der Waals surface area (Å²) in [5.74, 6) is 0.391. The van der Waals surface area contributed by atoms with Gasteiger partial charge in [0.2, 0.25) is 12.0 Å². The molecule has 0 spiro atoms. The number of hydrogen-bond donors (Lipinski definition) is 1. The van der Waals surface area contributed by atoms with E-state index in [1.165, 1.54) is 11.9 Å². The van der Waals surface area contributed by atoms with E-state index in [9.17, 15) is 9.59 Å². The van der Waals surface area contributed by atoms with Crippen LogP contribution in [0, 0.1) is 0 Å². The summed E-state index contributed by atoms with van der Waals surface area (Å²) in [6.45, 7) is -0.0464. The number of nitrogens with one attached hydrogen (secondary N) is 1. The van der Waals surface area contributed by atoms with Crippen LogP contribution in [-0.4, -0.2) is 43.0 Å². The number of fused-ring (bicyclic) bond motifs is 1. The van der Waals surface area contributed by atoms with Gasteiger partial charge in [-0.3, -0.25) is 9.59 Å². The minimum Gasteiger partial charge on any atom is -0.485 e. The molecule has 0 bridgehead atoms. The molecule has 2 aromatic carbocycles. The summed E-state index contributed by atoms with van der Waals surface area (Å²) in [7, 11) is 1.53. The van der Waals surface area contributed by atoms with Crippen LogP contribution in [-0.2, 0) is 9.59 Å². The molecule has 26 heavy (non-hydrogen) atoms. The fourth-order valence-corrected chi connectivity index (χ4v) is 2.75. The Balaban J connectivity index is 1.57. The smallest absolute Gasteiger partial charge is 0.267 e. The maximum absolute atomic E-state index is 12.5. The van der Waals surface area contributed by atoms with Gasteiger partial charge in [0, 0.05) is 12.7 Å². The summed E-state index contributed by atoms with van der Waals surface area (Å²) < 4.78 is 11.2. The first-order valence-corrected chi connectivity index (χ1v) is 8.58. The van der Waals surface area contributed by atoms with Crippen molar-refractivity contribution in [3.63, 3.8) is 0 Å². The number of ether oxygens (including phenoxy) is 2. The van der Waals surface area contributed by atoms with E-state index in [4.69, 9.17) is 32.7 Å². The van der Waals surface area contributed by atoms with E-state index < -0.39 is 6.10 Å². The molecule has 0 aromatic heterocycles. The highest BCUT2D eigenvalue weighted by Crippen LogP contribution is 2.31. The quantitative estimate of drug-likeness (QED) is 0.863. The minimum absolute atomic E-state index is 0.0919. The maximum Gasteiger partial charge on any atom is 0.267 e. The van der Waals surface area contributed by atoms with Gasteiger partial charge in [0.1, 0.15) is 6.61 Å². The number of hydrogen-bond acceptors (Lipinski definition) is 4. The summed E-state index contributed by atoms with van der Waals surface area (Å²) in [5, 5.41) is 3.40. The van der Waals surface area contributed by atoms with Crippen molar-refractivity contribution in [3.05, 3.63) is 52.5 Å². The average molecular weight is 395 g/mol. The van der Waals surface area contributed by atoms with Crippen molar-refractivity contribution in [1.82, 2.24) is 4.90 Å². The fraction of sp³-hybridized carbons (Fsp3) is 0.222. The Bertz CT molecular complexity index is 844. The third kappa shape index (κ3) is 4.20. The van der Waals surface area contributed by atoms with Crippen molar-refractivity contribution in [2.45, 2.75) is 6.10 Å². The monoisotopic (exact) mass is 394 g/mol. The topological polar surface area (TPSA) is 67.9 Å². The average Bonchev–Trinajstić information content (AvgIpc) is 2.63. The van der Waals surface area contributed by atoms with Gasteiger partial charge in [0.05, 0.1) is 16.6 Å². The van der Waals surface area contributed by atoms with Crippen LogP contribution in [0.3, 0.4) is 0 Å². The van der Waals surface area contributed by atoms with E-state index in [0.717, 1.165) is 0 Å². The first kappa shape index (κ1) is 18.4. The number of likely N-dealkylation sites (N-methyl/N-ethyl adjacent to an activating group) is 1. The number of carbonyl (C=O) groups is 2. The zero-order valence-corrected chi connectivity index (χ0v) is 15.4. The lowest BCUT2D eigenvalue weighted by Crippen LogP contribution is -2.47. The van der Waals surface area contributed by atoms with Crippen LogP contribution in [0.5, 0.6) is 11.5 Å². The molecule has 0 saturated carbocycles. The number of nitrogens with zero attached hydrogens (tertiary/aromatic N) is 1. The van der Waals surface area contributed by atoms with Crippen LogP contribution in [0.25, 0.3) is 0 Å². The van der Waals surface area contributed by atoms with Gasteiger partial charge >= 0.3 is 0 Å². The Morgan fingerprint density at radius 3 is 2.62 bits per heavy atom. The molecule has 136 valence electrons. The van der Waals surface area contributed by atoms with E-state index >= 15 is 0 Å². The highest BCUT2D eigenvalue weighted by Gasteiger charge is 2.30. The molecule has 1 aliphatic rings. The Kier molecular flexibility index (Phi) is 5.54. The number of para-hydroxylation sites is 2. The van der Waals surface area contributed by atoms with Crippen molar-refractivity contribution in [2.75, 3.05) is 25.5 Å². The molecule has 2 aromatic rings. The van der Waals surface area contributed by atoms with Crippen LogP contribution in [0.2, 0.25) is 10.0 Å². The SMILES string of the molecule is CN(CC(=O)Nc1ccc(Cl)c(Cl)c1)C(=O)[C@@H]1COc2ccccc2O1. The minimum atomic E-state index is -0.798. The lowest BCUT2D eigenvalue weighted by atomic mass is 10.2. The molecule has 1 atom stereocenters. The molecular weight excluding hydrogens is 379 g/mol. The number of benzene rings is 2. The Morgan fingerprint density at radius 1 is 1.15 bits per heavy atom. The standard InChI is InChI=1S/C18H16Cl2N2O4/c1-22(9-17(23)21-11-6-7-12(19)13(20)8-11)18(24)16-10-25-14-4-2-3-5-15(14)26-16/h2-8,16H,9-10H2,1H3,(H,21,23)/t16-/m0/s1. The van der Waals surface area contributed by atoms with Crippen molar-refractivity contribution < 1.29 is 19.1 Å². The summed E-state index contributed by atoms with van der Waals surface area (Å²) in [5.41, 5.74) is 0.497. The van der Waals surface area contributed by atoms with Crippen LogP contribution < -0.4 is 14.8 Å². The summed E-state index contributed by atoms with van der Waals surface area (Å²) in [4.78, 5) is 25.9. The van der Waals surface area contributed by atoms with Crippen molar-refractivity contribution in [3.8, 4) is 11.5 Å². The van der Waals surface area contributed by atoms with E-state index in [1.807, 2.05) is 6.07 Å². The number of amides is 2. The zero-order valence-electron chi connectivity index (χ0n) is 13.9. The van der Waals surface area contributed by atoms with Crippen molar-refractivity contribution in [1.29, 1.82) is 0 Å². The van der Waals surface area contributed by atoms with Crippen LogP contribution in [0.15, 0.2) is 42.5 Å². The third-order valence-corrected chi connectivity index (χ3v) is 4.48. The molecule has 6 nitrogen and oxygen atoms in total. The molecule has 0 saturated heterocycles. The molecule has 0 unspecified atom stereocenters. The molecule has 1 aliphatic heterocycles. The first-order valence-electron chi connectivity index (χ1n) is 7.82. The highest BCUT2D eigenvalue weighted by atomic mass is 35.5. The molecule has 1 heterocycles. The number of rotatable bonds is 4. The summed E-state index contributed by atoms with van der Waals surface area (Å²) in [6.07, 6.45) is -0.798. The molecular formula is C18H16Cl2N2O4. The lowest BCUT2D eigenvalue weighted by molar-refractivity contribution is -0.141. The Labute approximate surface area is 160 Å². The second-order valence-electron chi connectivity index (χ2n) is 5.74. The van der Waals surface area contributed by atoms with Crippen LogP contribution in [0.4, 0.5) is 5.69 Å². The van der Waals surface area contributed by atoms with Crippen molar-refractivity contribution >= 4 is 40.7 Å². The van der Waals surface area contributed by atoms with Crippen LogP contribution in [0.1, 0.15) is 0 Å². The molecule has 2 amide bonds. The fourth-order valence-electron chi connectivity index (χ4n) is 2.45. The van der Waals surface area contributed by atoms with Gasteiger partial charge in [-0.05, 0) is 30.3 Å². The maximum atomic E-state index is 12.5. The van der Waals surface area contributed by atoms with Gasteiger partial charge in [0.25, 0.3) is 5.91 Å². The normalized spacial score (nSPS) is 15.3. The van der Waals surface area contributed by atoms with Gasteiger partial charge in [-0.15, -0.1) is 0 Å². The molecule has 0 radical (unpaired) electrons. The molecule has 0 aliphatic carbocycles. The lowest BCUT2D eigenvalue weighted by Gasteiger charge is -2.28. The van der Waals surface area contributed by atoms with Gasteiger partial charge < -0.3 is 19.7 Å². The van der Waals surface area contributed by atoms with Gasteiger partial charge in [-0.25, -0.2) is 0 Å². The largest absolute Gasteiger partial charge is 0.485 e. The van der Waals surface area contributed by atoms with E-state index in [-0.39, 0.29) is 25.0 Å². The van der Waals surface area contributed by atoms with E-state index in [0.29, 0.717) is 27.2 Å². The molecule has 3 rings (SSSR count). The predicted octanol–water partition coefficient (Wildman–Crippen LogP) is 3.23. The van der Waals surface area contributed by atoms with Gasteiger partial charge in [-0.2, -0.15) is 0 Å². The highest BCUT2D eigenvalue weighted by molar-refractivity contribution is 6.42. The zero-order chi connectivity index (χ0) is 18.7. The number of carbonyl (C=O) groups excluding carboxylic acids is 2. The molecule has 8 heteroatoms. The molecule has 1 N–H and O–H groups in total. The molecule has 0 fully saturated rings. The van der Waals surface area contributed by atoms with E-state index in [1.54, 1.807) is 36.4 Å². The third-order valence-electron chi connectivity index (χ3n) is 3.74. The number of halogens is 2. The summed E-state index contributed by atoms with van der Waals surface area (Å²) >= 11 is 11.8. The second-order valence-corrected chi connectivity index (χ2v) is 6.55.